The summed E-state index contributed by atoms with van der Waals surface area (Å²) < 4.78 is 26.5. The van der Waals surface area contributed by atoms with Crippen LogP contribution in [0.4, 0.5) is 0 Å². The van der Waals surface area contributed by atoms with Crippen molar-refractivity contribution in [2.45, 2.75) is 5.25 Å². The maximum absolute atomic E-state index is 11.2. The molecule has 3 N–H and O–H groups in total. The highest BCUT2D eigenvalue weighted by Gasteiger charge is 2.33. The third-order valence-corrected chi connectivity index (χ3v) is 3.37. The molecule has 82 valence electrons. The molecular formula is C6H11NO6S. The van der Waals surface area contributed by atoms with Gasteiger partial charge in [0.2, 0.25) is 0 Å². The van der Waals surface area contributed by atoms with Gasteiger partial charge in [-0.15, -0.1) is 0 Å². The number of aliphatic carboxylic acids is 1. The number of methoxy groups -OCH3 is 1. The molecule has 1 unspecified atom stereocenters. The zero-order valence-electron chi connectivity index (χ0n) is 7.47. The third kappa shape index (κ3) is 3.30. The van der Waals surface area contributed by atoms with E-state index in [2.05, 4.69) is 4.74 Å². The highest BCUT2D eigenvalue weighted by molar-refractivity contribution is 7.93. The molecule has 1 atom stereocenters. The van der Waals surface area contributed by atoms with Gasteiger partial charge < -0.3 is 15.6 Å². The van der Waals surface area contributed by atoms with Crippen molar-refractivity contribution in [1.29, 1.82) is 0 Å². The van der Waals surface area contributed by atoms with Crippen LogP contribution in [0.2, 0.25) is 0 Å². The summed E-state index contributed by atoms with van der Waals surface area (Å²) in [4.78, 5) is 21.1. The largest absolute Gasteiger partial charge is 0.480 e. The Kier molecular flexibility index (Phi) is 4.51. The molecule has 0 heterocycles. The van der Waals surface area contributed by atoms with Gasteiger partial charge in [0, 0.05) is 6.54 Å². The predicted octanol–water partition coefficient (Wildman–Crippen LogP) is -2.01. The monoisotopic (exact) mass is 225 g/mol. The van der Waals surface area contributed by atoms with Crippen molar-refractivity contribution in [3.63, 3.8) is 0 Å². The van der Waals surface area contributed by atoms with Crippen molar-refractivity contribution < 1.29 is 27.9 Å². The number of hydrogen-bond donors (Lipinski definition) is 2. The highest BCUT2D eigenvalue weighted by Crippen LogP contribution is 2.02. The summed E-state index contributed by atoms with van der Waals surface area (Å²) in [7, 11) is -3.07. The van der Waals surface area contributed by atoms with Gasteiger partial charge >= 0.3 is 11.9 Å². The number of carbonyl (C=O) groups is 2. The topological polar surface area (TPSA) is 124 Å². The number of rotatable bonds is 5. The normalized spacial score (nSPS) is 13.3. The molecule has 0 aromatic carbocycles. The standard InChI is InChI=1S/C6H11NO6S/c1-13-5(8)3-14(11,12)4(2-7)6(9)10/h4H,2-3,7H2,1H3,(H,9,10). The van der Waals surface area contributed by atoms with Gasteiger partial charge in [-0.25, -0.2) is 8.42 Å². The lowest BCUT2D eigenvalue weighted by Crippen LogP contribution is -2.40. The molecular weight excluding hydrogens is 214 g/mol. The summed E-state index contributed by atoms with van der Waals surface area (Å²) in [6, 6.07) is 0. The molecule has 0 aromatic heterocycles. The SMILES string of the molecule is COC(=O)CS(=O)(=O)C(CN)C(=O)O. The number of carbonyl (C=O) groups excluding carboxylic acids is 1. The minimum Gasteiger partial charge on any atom is -0.480 e. The second-order valence-corrected chi connectivity index (χ2v) is 4.63. The van der Waals surface area contributed by atoms with Gasteiger partial charge in [-0.05, 0) is 0 Å². The molecule has 14 heavy (non-hydrogen) atoms. The van der Waals surface area contributed by atoms with Crippen LogP contribution < -0.4 is 5.73 Å². The number of hydrogen-bond acceptors (Lipinski definition) is 6. The van der Waals surface area contributed by atoms with E-state index in [-0.39, 0.29) is 0 Å². The average Bonchev–Trinajstić information content (AvgIpc) is 2.02. The molecule has 0 radical (unpaired) electrons. The number of sulfone groups is 1. The third-order valence-electron chi connectivity index (χ3n) is 1.47. The summed E-state index contributed by atoms with van der Waals surface area (Å²) in [5.41, 5.74) is 4.96. The Bertz CT molecular complexity index is 321. The van der Waals surface area contributed by atoms with Gasteiger partial charge in [-0.2, -0.15) is 0 Å². The van der Waals surface area contributed by atoms with E-state index < -0.39 is 39.3 Å². The van der Waals surface area contributed by atoms with Crippen molar-refractivity contribution >= 4 is 21.8 Å². The van der Waals surface area contributed by atoms with Crippen LogP contribution in [0.15, 0.2) is 0 Å². The van der Waals surface area contributed by atoms with E-state index >= 15 is 0 Å². The number of nitrogens with two attached hydrogens (primary N) is 1. The van der Waals surface area contributed by atoms with Crippen molar-refractivity contribution in [3.8, 4) is 0 Å². The second-order valence-electron chi connectivity index (χ2n) is 2.45. The molecule has 0 aliphatic rings. The Hall–Kier alpha value is -1.15. The molecule has 0 saturated heterocycles. The van der Waals surface area contributed by atoms with E-state index in [4.69, 9.17) is 10.8 Å². The summed E-state index contributed by atoms with van der Waals surface area (Å²) >= 11 is 0. The van der Waals surface area contributed by atoms with Gasteiger partial charge in [0.25, 0.3) is 0 Å². The summed E-state index contributed by atoms with van der Waals surface area (Å²) in [6.07, 6.45) is 0. The number of carboxylic acids is 1. The first kappa shape index (κ1) is 12.8. The number of ether oxygens (including phenoxy) is 1. The Balaban J connectivity index is 4.76. The molecule has 0 spiro atoms. The highest BCUT2D eigenvalue weighted by atomic mass is 32.2. The lowest BCUT2D eigenvalue weighted by molar-refractivity contribution is -0.137. The van der Waals surface area contributed by atoms with Gasteiger partial charge in [-0.1, -0.05) is 0 Å². The Morgan fingerprint density at radius 3 is 2.29 bits per heavy atom. The maximum Gasteiger partial charge on any atom is 0.323 e. The predicted molar refractivity (Wildman–Crippen MR) is 46.3 cm³/mol. The first-order valence-electron chi connectivity index (χ1n) is 3.56. The molecule has 0 bridgehead atoms. The van der Waals surface area contributed by atoms with Crippen LogP contribution in [-0.2, 0) is 24.2 Å². The first-order valence-corrected chi connectivity index (χ1v) is 5.28. The van der Waals surface area contributed by atoms with Crippen LogP contribution >= 0.6 is 0 Å². The van der Waals surface area contributed by atoms with E-state index in [1.165, 1.54) is 0 Å². The van der Waals surface area contributed by atoms with E-state index in [1.807, 2.05) is 0 Å². The van der Waals surface area contributed by atoms with Gasteiger partial charge in [-0.3, -0.25) is 9.59 Å². The van der Waals surface area contributed by atoms with Crippen LogP contribution in [0.25, 0.3) is 0 Å². The van der Waals surface area contributed by atoms with E-state index in [9.17, 15) is 18.0 Å². The van der Waals surface area contributed by atoms with E-state index in [0.29, 0.717) is 0 Å². The van der Waals surface area contributed by atoms with Crippen LogP contribution in [0.5, 0.6) is 0 Å². The minimum atomic E-state index is -4.08. The quantitative estimate of drug-likeness (QED) is 0.518. The average molecular weight is 225 g/mol. The van der Waals surface area contributed by atoms with Crippen molar-refractivity contribution in [2.24, 2.45) is 5.73 Å². The van der Waals surface area contributed by atoms with Gasteiger partial charge in [0.1, 0.15) is 5.75 Å². The van der Waals surface area contributed by atoms with Crippen molar-refractivity contribution in [1.82, 2.24) is 0 Å². The Morgan fingerprint density at radius 1 is 1.50 bits per heavy atom. The van der Waals surface area contributed by atoms with Crippen molar-refractivity contribution in [3.05, 3.63) is 0 Å². The summed E-state index contributed by atoms with van der Waals surface area (Å²) in [5.74, 6) is -3.56. The van der Waals surface area contributed by atoms with Crippen molar-refractivity contribution in [2.75, 3.05) is 19.4 Å². The fraction of sp³-hybridized carbons (Fsp3) is 0.667. The molecule has 0 rings (SSSR count). The van der Waals surface area contributed by atoms with Gasteiger partial charge in [0.15, 0.2) is 15.1 Å². The molecule has 7 nitrogen and oxygen atoms in total. The van der Waals surface area contributed by atoms with Crippen LogP contribution in [0.3, 0.4) is 0 Å². The van der Waals surface area contributed by atoms with Crippen LogP contribution in [-0.4, -0.2) is 50.1 Å². The zero-order valence-corrected chi connectivity index (χ0v) is 8.28. The summed E-state index contributed by atoms with van der Waals surface area (Å²) in [5, 5.41) is 6.72. The molecule has 8 heteroatoms. The molecule has 0 amide bonds. The zero-order chi connectivity index (χ0) is 11.4. The van der Waals surface area contributed by atoms with Gasteiger partial charge in [0.05, 0.1) is 7.11 Å². The smallest absolute Gasteiger partial charge is 0.323 e. The molecule has 0 aliphatic carbocycles. The molecule has 0 aliphatic heterocycles. The second kappa shape index (κ2) is 4.91. The fourth-order valence-electron chi connectivity index (χ4n) is 0.725. The fourth-order valence-corrected chi connectivity index (χ4v) is 1.97. The number of esters is 1. The summed E-state index contributed by atoms with van der Waals surface area (Å²) in [6.45, 7) is -0.575. The Morgan fingerprint density at radius 2 is 2.00 bits per heavy atom. The molecule has 0 fully saturated rings. The van der Waals surface area contributed by atoms with Crippen LogP contribution in [0, 0.1) is 0 Å². The Labute approximate surface area is 80.8 Å². The lowest BCUT2D eigenvalue weighted by Gasteiger charge is -2.09. The first-order chi connectivity index (χ1) is 6.35. The van der Waals surface area contributed by atoms with Crippen LogP contribution in [0.1, 0.15) is 0 Å². The minimum absolute atomic E-state index is 0.575. The number of carboxylic acid groups (broad SMARTS) is 1. The maximum atomic E-state index is 11.2. The van der Waals surface area contributed by atoms with E-state index in [0.717, 1.165) is 7.11 Å². The lowest BCUT2D eigenvalue weighted by atomic mass is 10.4. The molecule has 0 aromatic rings. The molecule has 0 saturated carbocycles. The van der Waals surface area contributed by atoms with E-state index in [1.54, 1.807) is 0 Å².